The van der Waals surface area contributed by atoms with Crippen LogP contribution in [0.1, 0.15) is 37.3 Å². The first kappa shape index (κ1) is 19.1. The smallest absolute Gasteiger partial charge is 0.141 e. The second kappa shape index (κ2) is 8.01. The first-order chi connectivity index (χ1) is 14.1. The average Bonchev–Trinajstić information content (AvgIpc) is 2.74. The second-order valence-corrected chi connectivity index (χ2v) is 7.41. The molecule has 144 valence electrons. The molecule has 29 heavy (non-hydrogen) atoms. The molecule has 0 aromatic heterocycles. The monoisotopic (exact) mass is 385 g/mol. The zero-order valence-electron chi connectivity index (χ0n) is 16.3. The molecule has 1 nitrogen and oxygen atoms in total. The lowest BCUT2D eigenvalue weighted by Crippen LogP contribution is -1.91. The van der Waals surface area contributed by atoms with Crippen molar-refractivity contribution in [3.8, 4) is 17.2 Å². The SMILES string of the molecule is CCCCCc1ccc2c(ccc3c(F)c(-c4ccc(C#N)c(F)c4)ccc32)c1. The Morgan fingerprint density at radius 1 is 0.828 bits per heavy atom. The molecule has 0 saturated carbocycles. The van der Waals surface area contributed by atoms with E-state index in [9.17, 15) is 4.39 Å². The Bertz CT molecular complexity index is 1250. The van der Waals surface area contributed by atoms with E-state index in [0.717, 1.165) is 22.6 Å². The molecule has 4 aromatic rings. The molecule has 0 amide bonds. The molecule has 4 aromatic carbocycles. The van der Waals surface area contributed by atoms with Crippen LogP contribution in [0.3, 0.4) is 0 Å². The molecular formula is C26H21F2N. The number of halogens is 2. The Morgan fingerprint density at radius 2 is 1.62 bits per heavy atom. The minimum Gasteiger partial charge on any atom is -0.206 e. The number of hydrogen-bond acceptors (Lipinski definition) is 1. The van der Waals surface area contributed by atoms with Crippen LogP contribution in [-0.2, 0) is 6.42 Å². The maximum atomic E-state index is 15.3. The molecule has 0 radical (unpaired) electrons. The molecule has 0 fully saturated rings. The zero-order valence-corrected chi connectivity index (χ0v) is 16.3. The van der Waals surface area contributed by atoms with Gasteiger partial charge in [-0.15, -0.1) is 0 Å². The van der Waals surface area contributed by atoms with Crippen molar-refractivity contribution < 1.29 is 8.78 Å². The number of nitrogens with zero attached hydrogens (tertiary/aromatic N) is 1. The third-order valence-electron chi connectivity index (χ3n) is 5.49. The van der Waals surface area contributed by atoms with E-state index in [1.807, 2.05) is 12.1 Å². The minimum absolute atomic E-state index is 0.0457. The fourth-order valence-corrected chi connectivity index (χ4v) is 3.89. The minimum atomic E-state index is -0.640. The molecule has 0 atom stereocenters. The summed E-state index contributed by atoms with van der Waals surface area (Å²) < 4.78 is 29.3. The van der Waals surface area contributed by atoms with Crippen molar-refractivity contribution in [2.24, 2.45) is 0 Å². The van der Waals surface area contributed by atoms with E-state index in [-0.39, 0.29) is 11.4 Å². The van der Waals surface area contributed by atoms with E-state index in [0.29, 0.717) is 16.5 Å². The van der Waals surface area contributed by atoms with Crippen LogP contribution in [0, 0.1) is 23.0 Å². The highest BCUT2D eigenvalue weighted by Crippen LogP contribution is 2.34. The Hall–Kier alpha value is -3.25. The van der Waals surface area contributed by atoms with Crippen molar-refractivity contribution in [1.82, 2.24) is 0 Å². The number of unbranched alkanes of at least 4 members (excludes halogenated alkanes) is 2. The molecule has 0 aliphatic heterocycles. The molecule has 0 saturated heterocycles. The first-order valence-corrected chi connectivity index (χ1v) is 9.96. The summed E-state index contributed by atoms with van der Waals surface area (Å²) in [6.07, 6.45) is 4.65. The van der Waals surface area contributed by atoms with Crippen LogP contribution in [0.2, 0.25) is 0 Å². The molecule has 0 N–H and O–H groups in total. The second-order valence-electron chi connectivity index (χ2n) is 7.41. The summed E-state index contributed by atoms with van der Waals surface area (Å²) in [7, 11) is 0. The first-order valence-electron chi connectivity index (χ1n) is 9.96. The average molecular weight is 385 g/mol. The number of hydrogen-bond donors (Lipinski definition) is 0. The summed E-state index contributed by atoms with van der Waals surface area (Å²) in [5.41, 5.74) is 2.01. The Labute approximate surface area is 169 Å². The molecule has 0 aliphatic rings. The van der Waals surface area contributed by atoms with Crippen molar-refractivity contribution in [1.29, 1.82) is 5.26 Å². The van der Waals surface area contributed by atoms with Gasteiger partial charge in [0, 0.05) is 10.9 Å². The van der Waals surface area contributed by atoms with Gasteiger partial charge in [0.2, 0.25) is 0 Å². The maximum Gasteiger partial charge on any atom is 0.141 e. The predicted octanol–water partition coefficient (Wildman–Crippen LogP) is 7.54. The standard InChI is InChI=1S/C26H21F2N/c1-2-3-4-5-17-6-10-21-18(14-17)9-11-24-23(21)13-12-22(26(24)28)19-7-8-20(16-29)25(27)15-19/h6-15H,2-5H2,1H3. The quantitative estimate of drug-likeness (QED) is 0.257. The van der Waals surface area contributed by atoms with Crippen LogP contribution >= 0.6 is 0 Å². The molecule has 0 spiro atoms. The van der Waals surface area contributed by atoms with E-state index < -0.39 is 5.82 Å². The van der Waals surface area contributed by atoms with E-state index in [1.165, 1.54) is 37.0 Å². The normalized spacial score (nSPS) is 11.1. The van der Waals surface area contributed by atoms with Gasteiger partial charge in [0.25, 0.3) is 0 Å². The van der Waals surface area contributed by atoms with Crippen LogP contribution in [0.25, 0.3) is 32.7 Å². The molecule has 4 rings (SSSR count). The maximum absolute atomic E-state index is 15.3. The van der Waals surface area contributed by atoms with Gasteiger partial charge in [0.15, 0.2) is 0 Å². The number of fused-ring (bicyclic) bond motifs is 3. The molecule has 3 heteroatoms. The van der Waals surface area contributed by atoms with Crippen LogP contribution in [0.4, 0.5) is 8.78 Å². The number of benzene rings is 4. The van der Waals surface area contributed by atoms with Crippen molar-refractivity contribution in [3.05, 3.63) is 83.4 Å². The van der Waals surface area contributed by atoms with Gasteiger partial charge < -0.3 is 0 Å². The fraction of sp³-hybridized carbons (Fsp3) is 0.192. The summed E-state index contributed by atoms with van der Waals surface area (Å²) in [5.74, 6) is -1.01. The predicted molar refractivity (Wildman–Crippen MR) is 115 cm³/mol. The van der Waals surface area contributed by atoms with Gasteiger partial charge >= 0.3 is 0 Å². The number of nitriles is 1. The van der Waals surface area contributed by atoms with Crippen LogP contribution in [0.15, 0.2) is 60.7 Å². The summed E-state index contributed by atoms with van der Waals surface area (Å²) in [5, 5.41) is 12.4. The summed E-state index contributed by atoms with van der Waals surface area (Å²) in [6.45, 7) is 2.20. The third-order valence-corrected chi connectivity index (χ3v) is 5.49. The number of aryl methyl sites for hydroxylation is 1. The summed E-state index contributed by atoms with van der Waals surface area (Å²) >= 11 is 0. The van der Waals surface area contributed by atoms with E-state index in [1.54, 1.807) is 24.3 Å². The lowest BCUT2D eigenvalue weighted by atomic mass is 9.94. The van der Waals surface area contributed by atoms with Gasteiger partial charge in [-0.3, -0.25) is 0 Å². The number of rotatable bonds is 5. The summed E-state index contributed by atoms with van der Waals surface area (Å²) in [6, 6.07) is 19.7. The largest absolute Gasteiger partial charge is 0.206 e. The lowest BCUT2D eigenvalue weighted by Gasteiger charge is -2.11. The van der Waals surface area contributed by atoms with Crippen molar-refractivity contribution >= 4 is 21.5 Å². The highest BCUT2D eigenvalue weighted by atomic mass is 19.1. The van der Waals surface area contributed by atoms with Gasteiger partial charge in [-0.1, -0.05) is 68.3 Å². The van der Waals surface area contributed by atoms with E-state index in [2.05, 4.69) is 25.1 Å². The topological polar surface area (TPSA) is 23.8 Å². The van der Waals surface area contributed by atoms with Crippen molar-refractivity contribution in [2.45, 2.75) is 32.6 Å². The van der Waals surface area contributed by atoms with Crippen molar-refractivity contribution in [2.75, 3.05) is 0 Å². The molecule has 0 bridgehead atoms. The van der Waals surface area contributed by atoms with Crippen LogP contribution in [0.5, 0.6) is 0 Å². The molecule has 0 aliphatic carbocycles. The fourth-order valence-electron chi connectivity index (χ4n) is 3.89. The lowest BCUT2D eigenvalue weighted by molar-refractivity contribution is 0.623. The van der Waals surface area contributed by atoms with Gasteiger partial charge in [-0.05, 0) is 52.3 Å². The van der Waals surface area contributed by atoms with E-state index in [4.69, 9.17) is 5.26 Å². The van der Waals surface area contributed by atoms with Gasteiger partial charge in [-0.2, -0.15) is 5.26 Å². The summed E-state index contributed by atoms with van der Waals surface area (Å²) in [4.78, 5) is 0. The van der Waals surface area contributed by atoms with Crippen LogP contribution < -0.4 is 0 Å². The van der Waals surface area contributed by atoms with Gasteiger partial charge in [-0.25, -0.2) is 8.78 Å². The third kappa shape index (κ3) is 3.59. The van der Waals surface area contributed by atoms with Gasteiger partial charge in [0.1, 0.15) is 17.7 Å². The Kier molecular flexibility index (Phi) is 5.27. The van der Waals surface area contributed by atoms with E-state index >= 15 is 4.39 Å². The molecule has 0 heterocycles. The van der Waals surface area contributed by atoms with Gasteiger partial charge in [0.05, 0.1) is 5.56 Å². The zero-order chi connectivity index (χ0) is 20.4. The molecular weight excluding hydrogens is 364 g/mol. The Balaban J connectivity index is 1.79. The van der Waals surface area contributed by atoms with Crippen LogP contribution in [-0.4, -0.2) is 0 Å². The Morgan fingerprint density at radius 3 is 2.38 bits per heavy atom. The highest BCUT2D eigenvalue weighted by molar-refractivity contribution is 6.08. The van der Waals surface area contributed by atoms with Crippen molar-refractivity contribution in [3.63, 3.8) is 0 Å². The molecule has 0 unspecified atom stereocenters. The highest BCUT2D eigenvalue weighted by Gasteiger charge is 2.13.